The molecule has 0 heterocycles. The minimum Gasteiger partial charge on any atom is -0.304 e. The monoisotopic (exact) mass is 179 g/mol. The van der Waals surface area contributed by atoms with Crippen molar-refractivity contribution < 1.29 is 20.3 Å². The van der Waals surface area contributed by atoms with Gasteiger partial charge in [0, 0.05) is 13.0 Å². The molecule has 0 rings (SSSR count). The van der Waals surface area contributed by atoms with Crippen LogP contribution in [0.5, 0.6) is 0 Å². The van der Waals surface area contributed by atoms with Crippen molar-refractivity contribution in [1.29, 1.82) is 0 Å². The average molecular weight is 179 g/mol. The van der Waals surface area contributed by atoms with Crippen LogP contribution >= 0.6 is 0 Å². The molecule has 0 aliphatic rings. The van der Waals surface area contributed by atoms with Crippen molar-refractivity contribution in [2.75, 3.05) is 26.7 Å². The number of hydrogen-bond acceptors (Lipinski definition) is 5. The molecule has 0 fully saturated rings. The standard InChI is InChI=1S/C7H17NO4/c1-3-8(2)6-7(12-10)4-5-11-9/h7,9-10H,3-6H2,1-2H3. The fraction of sp³-hybridized carbons (Fsp3) is 1.00. The highest BCUT2D eigenvalue weighted by molar-refractivity contribution is 4.60. The first-order chi connectivity index (χ1) is 5.74. The molecule has 0 aliphatic carbocycles. The largest absolute Gasteiger partial charge is 0.304 e. The highest BCUT2D eigenvalue weighted by atomic mass is 17.1. The van der Waals surface area contributed by atoms with Crippen LogP contribution in [0.3, 0.4) is 0 Å². The predicted molar refractivity (Wildman–Crippen MR) is 43.9 cm³/mol. The normalized spacial score (nSPS) is 13.8. The second kappa shape index (κ2) is 7.45. The Balaban J connectivity index is 3.51. The molecule has 0 aliphatic heterocycles. The van der Waals surface area contributed by atoms with E-state index in [1.165, 1.54) is 0 Å². The van der Waals surface area contributed by atoms with Gasteiger partial charge < -0.3 is 4.90 Å². The van der Waals surface area contributed by atoms with E-state index in [4.69, 9.17) is 10.5 Å². The van der Waals surface area contributed by atoms with Gasteiger partial charge in [0.1, 0.15) is 6.10 Å². The van der Waals surface area contributed by atoms with Crippen molar-refractivity contribution in [3.8, 4) is 0 Å². The number of rotatable bonds is 7. The summed E-state index contributed by atoms with van der Waals surface area (Å²) in [5, 5.41) is 16.5. The van der Waals surface area contributed by atoms with Gasteiger partial charge in [0.25, 0.3) is 0 Å². The maximum Gasteiger partial charge on any atom is 0.108 e. The lowest BCUT2D eigenvalue weighted by Gasteiger charge is -2.19. The molecule has 0 aromatic heterocycles. The van der Waals surface area contributed by atoms with Gasteiger partial charge in [0.05, 0.1) is 6.61 Å². The van der Waals surface area contributed by atoms with Crippen LogP contribution in [0.2, 0.25) is 0 Å². The number of nitrogens with zero attached hydrogens (tertiary/aromatic N) is 1. The molecule has 1 unspecified atom stereocenters. The first-order valence-electron chi connectivity index (χ1n) is 3.99. The van der Waals surface area contributed by atoms with Crippen LogP contribution < -0.4 is 0 Å². The first kappa shape index (κ1) is 11.8. The molecule has 0 spiro atoms. The summed E-state index contributed by atoms with van der Waals surface area (Å²) in [5.74, 6) is 0. The maximum absolute atomic E-state index is 8.43. The Morgan fingerprint density at radius 3 is 2.50 bits per heavy atom. The predicted octanol–water partition coefficient (Wildman–Crippen LogP) is 0.676. The van der Waals surface area contributed by atoms with Gasteiger partial charge in [0.15, 0.2) is 0 Å². The van der Waals surface area contributed by atoms with Gasteiger partial charge in [-0.15, -0.1) is 0 Å². The first-order valence-corrected chi connectivity index (χ1v) is 3.99. The molecule has 12 heavy (non-hydrogen) atoms. The zero-order chi connectivity index (χ0) is 9.40. The van der Waals surface area contributed by atoms with E-state index in [2.05, 4.69) is 9.78 Å². The molecule has 0 aromatic carbocycles. The van der Waals surface area contributed by atoms with Gasteiger partial charge in [-0.3, -0.25) is 10.5 Å². The van der Waals surface area contributed by atoms with Crippen molar-refractivity contribution in [3.63, 3.8) is 0 Å². The van der Waals surface area contributed by atoms with E-state index in [0.29, 0.717) is 13.0 Å². The third kappa shape index (κ3) is 5.45. The zero-order valence-corrected chi connectivity index (χ0v) is 7.56. The molecule has 74 valence electrons. The van der Waals surface area contributed by atoms with E-state index in [1.807, 2.05) is 18.9 Å². The Morgan fingerprint density at radius 2 is 2.08 bits per heavy atom. The SMILES string of the molecule is CCN(C)CC(CCOO)OO. The van der Waals surface area contributed by atoms with Gasteiger partial charge in [0.2, 0.25) is 0 Å². The minimum absolute atomic E-state index is 0.169. The van der Waals surface area contributed by atoms with Crippen LogP contribution in [0.25, 0.3) is 0 Å². The van der Waals surface area contributed by atoms with Gasteiger partial charge in [-0.05, 0) is 13.6 Å². The molecule has 0 amide bonds. The van der Waals surface area contributed by atoms with Crippen molar-refractivity contribution in [1.82, 2.24) is 4.90 Å². The Kier molecular flexibility index (Phi) is 7.33. The Bertz CT molecular complexity index is 101. The lowest BCUT2D eigenvalue weighted by molar-refractivity contribution is -0.296. The third-order valence-electron chi connectivity index (χ3n) is 1.74. The van der Waals surface area contributed by atoms with Crippen molar-refractivity contribution in [3.05, 3.63) is 0 Å². The number of hydrogen-bond donors (Lipinski definition) is 2. The summed E-state index contributed by atoms with van der Waals surface area (Å²) in [6, 6.07) is 0. The molecular weight excluding hydrogens is 162 g/mol. The lowest BCUT2D eigenvalue weighted by atomic mass is 10.2. The van der Waals surface area contributed by atoms with Gasteiger partial charge in [-0.25, -0.2) is 9.78 Å². The van der Waals surface area contributed by atoms with E-state index in [-0.39, 0.29) is 12.7 Å². The lowest BCUT2D eigenvalue weighted by Crippen LogP contribution is -2.31. The van der Waals surface area contributed by atoms with Crippen LogP contribution in [0.4, 0.5) is 0 Å². The molecule has 0 bridgehead atoms. The Morgan fingerprint density at radius 1 is 1.42 bits per heavy atom. The molecule has 0 saturated heterocycles. The highest BCUT2D eigenvalue weighted by Gasteiger charge is 2.10. The summed E-state index contributed by atoms with van der Waals surface area (Å²) in [6.07, 6.45) is 0.166. The van der Waals surface area contributed by atoms with E-state index in [9.17, 15) is 0 Å². The summed E-state index contributed by atoms with van der Waals surface area (Å²) < 4.78 is 0. The molecule has 0 aromatic rings. The number of likely N-dealkylation sites (N-methyl/N-ethyl adjacent to an activating group) is 1. The highest BCUT2D eigenvalue weighted by Crippen LogP contribution is 1.99. The summed E-state index contributed by atoms with van der Waals surface area (Å²) >= 11 is 0. The van der Waals surface area contributed by atoms with Crippen LogP contribution in [-0.2, 0) is 9.78 Å². The van der Waals surface area contributed by atoms with Crippen molar-refractivity contribution >= 4 is 0 Å². The second-order valence-electron chi connectivity index (χ2n) is 2.70. The average Bonchev–Trinajstić information content (AvgIpc) is 2.11. The summed E-state index contributed by atoms with van der Waals surface area (Å²) in [5.41, 5.74) is 0. The topological polar surface area (TPSA) is 62.2 Å². The molecule has 5 heteroatoms. The molecule has 2 N–H and O–H groups in total. The summed E-state index contributed by atoms with van der Waals surface area (Å²) in [4.78, 5) is 10.1. The van der Waals surface area contributed by atoms with Gasteiger partial charge >= 0.3 is 0 Å². The second-order valence-corrected chi connectivity index (χ2v) is 2.70. The van der Waals surface area contributed by atoms with Crippen LogP contribution in [-0.4, -0.2) is 48.3 Å². The van der Waals surface area contributed by atoms with Crippen LogP contribution in [0, 0.1) is 0 Å². The van der Waals surface area contributed by atoms with E-state index >= 15 is 0 Å². The van der Waals surface area contributed by atoms with Crippen molar-refractivity contribution in [2.45, 2.75) is 19.4 Å². The summed E-state index contributed by atoms with van der Waals surface area (Å²) in [6.45, 7) is 3.69. The van der Waals surface area contributed by atoms with Gasteiger partial charge in [-0.2, -0.15) is 0 Å². The fourth-order valence-corrected chi connectivity index (χ4v) is 0.838. The smallest absolute Gasteiger partial charge is 0.108 e. The third-order valence-corrected chi connectivity index (χ3v) is 1.74. The Labute approximate surface area is 72.4 Å². The Hall–Kier alpha value is -0.200. The zero-order valence-electron chi connectivity index (χ0n) is 7.56. The molecule has 0 saturated carbocycles. The molecular formula is C7H17NO4. The molecule has 0 radical (unpaired) electrons. The maximum atomic E-state index is 8.43. The van der Waals surface area contributed by atoms with Crippen LogP contribution in [0.1, 0.15) is 13.3 Å². The van der Waals surface area contributed by atoms with Crippen LogP contribution in [0.15, 0.2) is 0 Å². The fourth-order valence-electron chi connectivity index (χ4n) is 0.838. The van der Waals surface area contributed by atoms with E-state index in [1.54, 1.807) is 0 Å². The quantitative estimate of drug-likeness (QED) is 0.444. The summed E-state index contributed by atoms with van der Waals surface area (Å²) in [7, 11) is 1.92. The van der Waals surface area contributed by atoms with E-state index < -0.39 is 0 Å². The van der Waals surface area contributed by atoms with Crippen molar-refractivity contribution in [2.24, 2.45) is 0 Å². The van der Waals surface area contributed by atoms with Gasteiger partial charge in [-0.1, -0.05) is 6.92 Å². The minimum atomic E-state index is -0.304. The molecule has 1 atom stereocenters. The molecule has 5 nitrogen and oxygen atoms in total. The van der Waals surface area contributed by atoms with E-state index in [0.717, 1.165) is 6.54 Å².